The Balaban J connectivity index is 4.02. The number of ether oxygens (including phenoxy) is 1. The van der Waals surface area contributed by atoms with Crippen molar-refractivity contribution in [2.45, 2.75) is 11.8 Å². The van der Waals surface area contributed by atoms with Crippen LogP contribution in [0.3, 0.4) is 0 Å². The van der Waals surface area contributed by atoms with Crippen molar-refractivity contribution in [2.24, 2.45) is 11.5 Å². The Morgan fingerprint density at radius 1 is 1.00 bits per heavy atom. The molecular formula is C4H12N2O5. The summed E-state index contributed by atoms with van der Waals surface area (Å²) in [5.41, 5.74) is 9.62. The quantitative estimate of drug-likeness (QED) is 0.236. The molecule has 8 N–H and O–H groups in total. The van der Waals surface area contributed by atoms with Gasteiger partial charge in [0.2, 0.25) is 11.8 Å². The minimum atomic E-state index is -2.45. The van der Waals surface area contributed by atoms with E-state index in [4.69, 9.17) is 31.9 Å². The lowest BCUT2D eigenvalue weighted by Gasteiger charge is -2.29. The van der Waals surface area contributed by atoms with E-state index in [0.717, 1.165) is 0 Å². The van der Waals surface area contributed by atoms with Crippen LogP contribution < -0.4 is 11.5 Å². The molecule has 11 heavy (non-hydrogen) atoms. The number of hydrogen-bond acceptors (Lipinski definition) is 7. The summed E-state index contributed by atoms with van der Waals surface area (Å²) in [6.45, 7) is -1.90. The topological polar surface area (TPSA) is 142 Å². The Bertz CT molecular complexity index is 112. The molecule has 0 spiro atoms. The number of rotatable bonds is 4. The smallest absolute Gasteiger partial charge is 0.250 e. The first-order chi connectivity index (χ1) is 4.83. The largest absolute Gasteiger partial charge is 0.389 e. The molecule has 0 aliphatic heterocycles. The Morgan fingerprint density at radius 3 is 1.45 bits per heavy atom. The minimum absolute atomic E-state index is 0.952. The molecule has 0 amide bonds. The zero-order valence-electron chi connectivity index (χ0n) is 5.77. The molecule has 2 unspecified atom stereocenters. The molecule has 7 heteroatoms. The van der Waals surface area contributed by atoms with E-state index < -0.39 is 25.0 Å². The highest BCUT2D eigenvalue weighted by Gasteiger charge is 2.33. The van der Waals surface area contributed by atoms with Crippen molar-refractivity contribution in [3.05, 3.63) is 0 Å². The van der Waals surface area contributed by atoms with Gasteiger partial charge in [-0.05, 0) is 0 Å². The van der Waals surface area contributed by atoms with Gasteiger partial charge in [-0.3, -0.25) is 16.2 Å². The van der Waals surface area contributed by atoms with Crippen LogP contribution in [0.1, 0.15) is 0 Å². The molecule has 0 heterocycles. The maximum atomic E-state index is 8.74. The first kappa shape index (κ1) is 10.7. The van der Waals surface area contributed by atoms with Gasteiger partial charge in [0.25, 0.3) is 0 Å². The zero-order valence-corrected chi connectivity index (χ0v) is 5.77. The Kier molecular flexibility index (Phi) is 3.32. The average molecular weight is 168 g/mol. The number of nitrogens with two attached hydrogens (primary N) is 2. The Hall–Kier alpha value is -0.280. The van der Waals surface area contributed by atoms with Gasteiger partial charge in [0.15, 0.2) is 0 Å². The molecule has 0 aromatic carbocycles. The lowest BCUT2D eigenvalue weighted by molar-refractivity contribution is -0.346. The summed E-state index contributed by atoms with van der Waals surface area (Å²) in [6.07, 6.45) is 0. The second-order valence-electron chi connectivity index (χ2n) is 2.11. The summed E-state index contributed by atoms with van der Waals surface area (Å²) in [5.74, 6) is -4.90. The van der Waals surface area contributed by atoms with E-state index in [-0.39, 0.29) is 0 Å². The van der Waals surface area contributed by atoms with Crippen LogP contribution in [0.4, 0.5) is 0 Å². The van der Waals surface area contributed by atoms with Gasteiger partial charge in [0, 0.05) is 0 Å². The Labute approximate surface area is 62.8 Å². The van der Waals surface area contributed by atoms with Gasteiger partial charge in [0.05, 0.1) is 0 Å². The number of aliphatic hydroxyl groups excluding tert-OH is 2. The molecule has 0 saturated heterocycles. The van der Waals surface area contributed by atoms with Crippen LogP contribution in [-0.4, -0.2) is 45.5 Å². The predicted octanol–water partition coefficient (Wildman–Crippen LogP) is -3.80. The van der Waals surface area contributed by atoms with Crippen LogP contribution in [0.15, 0.2) is 0 Å². The molecule has 0 saturated carbocycles. The van der Waals surface area contributed by atoms with Crippen LogP contribution in [0, 0.1) is 0 Å². The van der Waals surface area contributed by atoms with Gasteiger partial charge < -0.3 is 20.4 Å². The molecule has 0 fully saturated rings. The van der Waals surface area contributed by atoms with E-state index in [1.165, 1.54) is 0 Å². The summed E-state index contributed by atoms with van der Waals surface area (Å²) < 4.78 is 4.09. The van der Waals surface area contributed by atoms with Crippen LogP contribution in [-0.2, 0) is 4.74 Å². The van der Waals surface area contributed by atoms with Gasteiger partial charge in [-0.15, -0.1) is 0 Å². The van der Waals surface area contributed by atoms with Gasteiger partial charge >= 0.3 is 0 Å². The summed E-state index contributed by atoms with van der Waals surface area (Å²) in [4.78, 5) is 0. The standard InChI is InChI=1S/C4H12N2O5/c5-3(9,1-7)11-4(6,10)2-8/h7-10H,1-2,5-6H2. The van der Waals surface area contributed by atoms with E-state index in [2.05, 4.69) is 4.74 Å². The van der Waals surface area contributed by atoms with Gasteiger partial charge in [0.1, 0.15) is 13.2 Å². The van der Waals surface area contributed by atoms with Gasteiger partial charge in [-0.25, -0.2) is 0 Å². The predicted molar refractivity (Wildman–Crippen MR) is 33.5 cm³/mol. The van der Waals surface area contributed by atoms with Crippen molar-refractivity contribution in [3.8, 4) is 0 Å². The first-order valence-electron chi connectivity index (χ1n) is 2.77. The molecular weight excluding hydrogens is 156 g/mol. The maximum Gasteiger partial charge on any atom is 0.250 e. The van der Waals surface area contributed by atoms with Crippen molar-refractivity contribution in [1.82, 2.24) is 0 Å². The Morgan fingerprint density at radius 2 is 1.27 bits per heavy atom. The van der Waals surface area contributed by atoms with Crippen molar-refractivity contribution in [1.29, 1.82) is 0 Å². The van der Waals surface area contributed by atoms with Crippen molar-refractivity contribution >= 4 is 0 Å². The van der Waals surface area contributed by atoms with E-state index in [9.17, 15) is 0 Å². The van der Waals surface area contributed by atoms with Crippen molar-refractivity contribution < 1.29 is 25.2 Å². The lowest BCUT2D eigenvalue weighted by Crippen LogP contribution is -2.58. The average Bonchev–Trinajstić information content (AvgIpc) is 1.86. The normalized spacial score (nSPS) is 22.4. The third-order valence-electron chi connectivity index (χ3n) is 0.807. The van der Waals surface area contributed by atoms with E-state index in [1.807, 2.05) is 0 Å². The monoisotopic (exact) mass is 168 g/mol. The molecule has 0 bridgehead atoms. The van der Waals surface area contributed by atoms with Crippen molar-refractivity contribution in [2.75, 3.05) is 13.2 Å². The fourth-order valence-electron chi connectivity index (χ4n) is 0.371. The highest BCUT2D eigenvalue weighted by atomic mass is 16.7. The fraction of sp³-hybridized carbons (Fsp3) is 1.00. The number of hydrogen-bond donors (Lipinski definition) is 6. The highest BCUT2D eigenvalue weighted by Crippen LogP contribution is 2.05. The first-order valence-corrected chi connectivity index (χ1v) is 2.77. The third kappa shape index (κ3) is 4.22. The molecule has 0 aliphatic rings. The van der Waals surface area contributed by atoms with Crippen LogP contribution in [0.2, 0.25) is 0 Å². The number of aliphatic hydroxyl groups is 4. The fourth-order valence-corrected chi connectivity index (χ4v) is 0.371. The molecule has 0 rings (SSSR count). The second-order valence-corrected chi connectivity index (χ2v) is 2.11. The maximum absolute atomic E-state index is 8.74. The highest BCUT2D eigenvalue weighted by molar-refractivity contribution is 4.62. The van der Waals surface area contributed by atoms with Gasteiger partial charge in [-0.1, -0.05) is 0 Å². The molecule has 0 radical (unpaired) electrons. The summed E-state index contributed by atoms with van der Waals surface area (Å²) in [6, 6.07) is 0. The van der Waals surface area contributed by atoms with E-state index in [0.29, 0.717) is 0 Å². The SMILES string of the molecule is NC(O)(CO)OC(N)(O)CO. The summed E-state index contributed by atoms with van der Waals surface area (Å²) in [7, 11) is 0. The second kappa shape index (κ2) is 3.41. The molecule has 0 aromatic heterocycles. The summed E-state index contributed by atoms with van der Waals surface area (Å²) in [5, 5.41) is 34.1. The molecule has 2 atom stereocenters. The molecule has 0 aromatic rings. The van der Waals surface area contributed by atoms with Crippen LogP contribution in [0.25, 0.3) is 0 Å². The minimum Gasteiger partial charge on any atom is -0.389 e. The van der Waals surface area contributed by atoms with E-state index in [1.54, 1.807) is 0 Å². The van der Waals surface area contributed by atoms with Crippen LogP contribution in [0.5, 0.6) is 0 Å². The van der Waals surface area contributed by atoms with Crippen molar-refractivity contribution in [3.63, 3.8) is 0 Å². The van der Waals surface area contributed by atoms with Crippen LogP contribution >= 0.6 is 0 Å². The molecule has 7 nitrogen and oxygen atoms in total. The lowest BCUT2D eigenvalue weighted by atomic mass is 10.5. The van der Waals surface area contributed by atoms with Gasteiger partial charge in [-0.2, -0.15) is 0 Å². The summed E-state index contributed by atoms with van der Waals surface area (Å²) >= 11 is 0. The zero-order chi connectivity index (χ0) is 9.12. The van der Waals surface area contributed by atoms with E-state index >= 15 is 0 Å². The third-order valence-corrected chi connectivity index (χ3v) is 0.807. The molecule has 68 valence electrons. The molecule has 0 aliphatic carbocycles.